The number of hydrogen-bond donors (Lipinski definition) is 1. The van der Waals surface area contributed by atoms with Crippen molar-refractivity contribution in [1.82, 2.24) is 15.2 Å². The van der Waals surface area contributed by atoms with Crippen molar-refractivity contribution < 1.29 is 0 Å². The van der Waals surface area contributed by atoms with Gasteiger partial charge in [0.25, 0.3) is 0 Å². The molecule has 0 fully saturated rings. The van der Waals surface area contributed by atoms with Gasteiger partial charge in [0.2, 0.25) is 0 Å². The Morgan fingerprint density at radius 2 is 2.36 bits per heavy atom. The van der Waals surface area contributed by atoms with Crippen molar-refractivity contribution >= 4 is 22.6 Å². The number of rotatable bonds is 0. The third-order valence-corrected chi connectivity index (χ3v) is 1.77. The molecule has 0 unspecified atom stereocenters. The third kappa shape index (κ3) is 0.973. The smallest absolute Gasteiger partial charge is 0.130 e. The van der Waals surface area contributed by atoms with Gasteiger partial charge in [-0.15, -0.1) is 0 Å². The molecule has 4 heteroatoms. The summed E-state index contributed by atoms with van der Waals surface area (Å²) < 4.78 is 0. The molecule has 0 aromatic carbocycles. The number of nitrogens with one attached hydrogen (secondary N) is 1. The number of aryl methyl sites for hydroxylation is 1. The number of pyridine rings is 1. The Morgan fingerprint density at radius 3 is 3.18 bits per heavy atom. The molecular formula is C7H6ClN3. The van der Waals surface area contributed by atoms with Crippen LogP contribution < -0.4 is 0 Å². The Kier molecular flexibility index (Phi) is 1.32. The first-order valence-corrected chi connectivity index (χ1v) is 3.61. The second-order valence-electron chi connectivity index (χ2n) is 2.39. The van der Waals surface area contributed by atoms with Crippen molar-refractivity contribution in [2.24, 2.45) is 0 Å². The molecule has 0 atom stereocenters. The van der Waals surface area contributed by atoms with Gasteiger partial charge in [-0.05, 0) is 18.6 Å². The first-order valence-electron chi connectivity index (χ1n) is 3.23. The van der Waals surface area contributed by atoms with Crippen LogP contribution >= 0.6 is 11.6 Å². The molecule has 11 heavy (non-hydrogen) atoms. The van der Waals surface area contributed by atoms with Crippen LogP contribution in [0, 0.1) is 6.92 Å². The zero-order valence-corrected chi connectivity index (χ0v) is 6.68. The Labute approximate surface area is 68.4 Å². The molecule has 0 saturated heterocycles. The zero-order chi connectivity index (χ0) is 7.84. The predicted octanol–water partition coefficient (Wildman–Crippen LogP) is 1.92. The molecule has 3 nitrogen and oxygen atoms in total. The lowest BCUT2D eigenvalue weighted by Crippen LogP contribution is -1.80. The van der Waals surface area contributed by atoms with Crippen LogP contribution in [-0.4, -0.2) is 15.2 Å². The molecule has 0 aliphatic rings. The Balaban J connectivity index is 2.91. The number of aromatic nitrogens is 3. The Morgan fingerprint density at radius 1 is 1.55 bits per heavy atom. The lowest BCUT2D eigenvalue weighted by Gasteiger charge is -1.94. The lowest BCUT2D eigenvalue weighted by molar-refractivity contribution is 1.11. The van der Waals surface area contributed by atoms with Crippen molar-refractivity contribution in [3.63, 3.8) is 0 Å². The van der Waals surface area contributed by atoms with Crippen molar-refractivity contribution in [3.05, 3.63) is 23.0 Å². The molecule has 0 radical (unpaired) electrons. The molecule has 0 saturated carbocycles. The topological polar surface area (TPSA) is 41.6 Å². The highest BCUT2D eigenvalue weighted by Crippen LogP contribution is 2.16. The number of nitrogens with zero attached hydrogens (tertiary/aromatic N) is 2. The fourth-order valence-electron chi connectivity index (χ4n) is 1.05. The Bertz CT molecular complexity index is 393. The molecule has 2 aromatic rings. The van der Waals surface area contributed by atoms with Crippen molar-refractivity contribution in [2.75, 3.05) is 0 Å². The summed E-state index contributed by atoms with van der Waals surface area (Å²) in [5, 5.41) is 7.21. The van der Waals surface area contributed by atoms with Crippen molar-refractivity contribution in [2.45, 2.75) is 6.92 Å². The number of aromatic amines is 1. The van der Waals surface area contributed by atoms with Crippen molar-refractivity contribution in [3.8, 4) is 0 Å². The first kappa shape index (κ1) is 6.61. The summed E-state index contributed by atoms with van der Waals surface area (Å²) in [6, 6.07) is 1.81. The minimum absolute atomic E-state index is 0.511. The summed E-state index contributed by atoms with van der Waals surface area (Å²) >= 11 is 5.73. The van der Waals surface area contributed by atoms with Gasteiger partial charge in [0, 0.05) is 0 Å². The van der Waals surface area contributed by atoms with E-state index in [1.54, 1.807) is 6.20 Å². The maximum Gasteiger partial charge on any atom is 0.130 e. The molecule has 0 aliphatic heterocycles. The summed E-state index contributed by atoms with van der Waals surface area (Å²) in [6.45, 7) is 1.97. The van der Waals surface area contributed by atoms with E-state index in [4.69, 9.17) is 11.6 Å². The van der Waals surface area contributed by atoms with Gasteiger partial charge in [-0.1, -0.05) is 11.6 Å². The van der Waals surface area contributed by atoms with Gasteiger partial charge in [-0.2, -0.15) is 5.10 Å². The summed E-state index contributed by atoms with van der Waals surface area (Å²) in [5.74, 6) is 0. The monoisotopic (exact) mass is 167 g/mol. The van der Waals surface area contributed by atoms with Crippen LogP contribution in [0.25, 0.3) is 11.0 Å². The number of fused-ring (bicyclic) bond motifs is 1. The van der Waals surface area contributed by atoms with Gasteiger partial charge in [0.05, 0.1) is 11.7 Å². The molecule has 2 heterocycles. The molecule has 2 rings (SSSR count). The second kappa shape index (κ2) is 2.20. The van der Waals surface area contributed by atoms with Gasteiger partial charge < -0.3 is 0 Å². The third-order valence-electron chi connectivity index (χ3n) is 1.58. The average molecular weight is 168 g/mol. The second-order valence-corrected chi connectivity index (χ2v) is 2.78. The molecule has 0 bridgehead atoms. The summed E-state index contributed by atoms with van der Waals surface area (Å²) in [4.78, 5) is 4.07. The van der Waals surface area contributed by atoms with E-state index in [-0.39, 0.29) is 0 Å². The van der Waals surface area contributed by atoms with E-state index in [0.29, 0.717) is 5.15 Å². The summed E-state index contributed by atoms with van der Waals surface area (Å²) in [5.41, 5.74) is 2.84. The maximum atomic E-state index is 5.73. The van der Waals surface area contributed by atoms with Gasteiger partial charge in [0.15, 0.2) is 0 Å². The van der Waals surface area contributed by atoms with Crippen LogP contribution in [-0.2, 0) is 0 Å². The van der Waals surface area contributed by atoms with Gasteiger partial charge >= 0.3 is 0 Å². The molecule has 0 spiro atoms. The minimum Gasteiger partial charge on any atom is -0.276 e. The number of H-pyrrole nitrogens is 1. The highest BCUT2D eigenvalue weighted by molar-refractivity contribution is 6.29. The van der Waals surface area contributed by atoms with E-state index in [2.05, 4.69) is 15.2 Å². The fourth-order valence-corrected chi connectivity index (χ4v) is 1.31. The van der Waals surface area contributed by atoms with E-state index in [1.807, 2.05) is 13.0 Å². The number of hydrogen-bond acceptors (Lipinski definition) is 2. The number of halogens is 1. The van der Waals surface area contributed by atoms with E-state index in [9.17, 15) is 0 Å². The maximum absolute atomic E-state index is 5.73. The van der Waals surface area contributed by atoms with Crippen LogP contribution in [0.4, 0.5) is 0 Å². The average Bonchev–Trinajstić information content (AvgIpc) is 2.34. The van der Waals surface area contributed by atoms with Crippen molar-refractivity contribution in [1.29, 1.82) is 0 Å². The molecule has 56 valence electrons. The highest BCUT2D eigenvalue weighted by atomic mass is 35.5. The van der Waals surface area contributed by atoms with Crippen LogP contribution in [0.2, 0.25) is 5.15 Å². The van der Waals surface area contributed by atoms with Crippen LogP contribution in [0.1, 0.15) is 5.56 Å². The normalized spacial score (nSPS) is 10.7. The zero-order valence-electron chi connectivity index (χ0n) is 5.93. The largest absolute Gasteiger partial charge is 0.276 e. The summed E-state index contributed by atoms with van der Waals surface area (Å²) in [6.07, 6.45) is 1.66. The van der Waals surface area contributed by atoms with E-state index < -0.39 is 0 Å². The first-order chi connectivity index (χ1) is 5.27. The fraction of sp³-hybridized carbons (Fsp3) is 0.143. The van der Waals surface area contributed by atoms with E-state index in [0.717, 1.165) is 16.6 Å². The SMILES string of the molecule is Cc1cc(Cl)nc2cn[nH]c12. The minimum atomic E-state index is 0.511. The van der Waals surface area contributed by atoms with E-state index >= 15 is 0 Å². The quantitative estimate of drug-likeness (QED) is 0.609. The molecule has 1 N–H and O–H groups in total. The molecular weight excluding hydrogens is 162 g/mol. The molecule has 0 aliphatic carbocycles. The van der Waals surface area contributed by atoms with Crippen LogP contribution in [0.15, 0.2) is 12.3 Å². The predicted molar refractivity (Wildman–Crippen MR) is 43.6 cm³/mol. The van der Waals surface area contributed by atoms with Crippen LogP contribution in [0.3, 0.4) is 0 Å². The lowest BCUT2D eigenvalue weighted by atomic mass is 10.2. The summed E-state index contributed by atoms with van der Waals surface area (Å²) in [7, 11) is 0. The van der Waals surface area contributed by atoms with Gasteiger partial charge in [-0.25, -0.2) is 4.98 Å². The molecule has 2 aromatic heterocycles. The standard InChI is InChI=1S/C7H6ClN3/c1-4-2-6(8)10-5-3-9-11-7(4)5/h2-3H,1H3,(H,9,11). The highest BCUT2D eigenvalue weighted by Gasteiger charge is 2.01. The van der Waals surface area contributed by atoms with Gasteiger partial charge in [0.1, 0.15) is 10.7 Å². The van der Waals surface area contributed by atoms with Gasteiger partial charge in [-0.3, -0.25) is 5.10 Å². The van der Waals surface area contributed by atoms with Crippen LogP contribution in [0.5, 0.6) is 0 Å². The molecule has 0 amide bonds. The van der Waals surface area contributed by atoms with E-state index in [1.165, 1.54) is 0 Å². The Hall–Kier alpha value is -1.09.